The van der Waals surface area contributed by atoms with Crippen LogP contribution in [0.15, 0.2) is 43.0 Å². The highest BCUT2D eigenvalue weighted by atomic mass is 19.1. The zero-order valence-corrected chi connectivity index (χ0v) is 15.7. The van der Waals surface area contributed by atoms with Crippen LogP contribution in [0.4, 0.5) is 15.8 Å². The maximum Gasteiger partial charge on any atom is 0.255 e. The molecule has 0 spiro atoms. The molecule has 0 radical (unpaired) electrons. The summed E-state index contributed by atoms with van der Waals surface area (Å²) in [5.41, 5.74) is 5.79. The van der Waals surface area contributed by atoms with E-state index in [0.29, 0.717) is 22.5 Å². The number of nitrogens with zero attached hydrogens (tertiary/aromatic N) is 3. The molecule has 0 saturated carbocycles. The van der Waals surface area contributed by atoms with Crippen molar-refractivity contribution in [3.05, 3.63) is 54.1 Å². The van der Waals surface area contributed by atoms with Crippen LogP contribution < -0.4 is 16.4 Å². The van der Waals surface area contributed by atoms with E-state index in [1.54, 1.807) is 31.3 Å². The Morgan fingerprint density at radius 2 is 1.96 bits per heavy atom. The van der Waals surface area contributed by atoms with Gasteiger partial charge in [-0.1, -0.05) is 0 Å². The quantitative estimate of drug-likeness (QED) is 0.604. The third-order valence-electron chi connectivity index (χ3n) is 4.49. The van der Waals surface area contributed by atoms with Crippen molar-refractivity contribution in [2.45, 2.75) is 32.5 Å². The van der Waals surface area contributed by atoms with Crippen LogP contribution in [0, 0.1) is 0 Å². The molecule has 8 nitrogen and oxygen atoms in total. The number of carbonyl (C=O) groups is 2. The number of nitrogens with one attached hydrogen (secondary N) is 2. The lowest BCUT2D eigenvalue weighted by atomic mass is 10.0. The Hall–Kier alpha value is -3.49. The zero-order valence-electron chi connectivity index (χ0n) is 15.7. The summed E-state index contributed by atoms with van der Waals surface area (Å²) in [5, 5.41) is 9.93. The molecule has 0 aliphatic heterocycles. The largest absolute Gasteiger partial charge is 0.377 e. The number of hydrogen-bond acceptors (Lipinski definition) is 5. The van der Waals surface area contributed by atoms with Gasteiger partial charge in [-0.3, -0.25) is 14.6 Å². The van der Waals surface area contributed by atoms with E-state index in [9.17, 15) is 14.0 Å². The molecule has 2 amide bonds. The number of aromatic nitrogens is 3. The topological polar surface area (TPSA) is 114 Å². The van der Waals surface area contributed by atoms with Gasteiger partial charge >= 0.3 is 0 Å². The second-order valence-electron chi connectivity index (χ2n) is 6.98. The SMILES string of the molecule is CC(Nc1c(C(N)=O)cnn2cc(NC(=O)c3ccncc3)cc12)C(C)(C)F. The molecule has 1 atom stereocenters. The smallest absolute Gasteiger partial charge is 0.255 e. The molecular weight excluding hydrogens is 363 g/mol. The summed E-state index contributed by atoms with van der Waals surface area (Å²) in [5.74, 6) is -1.01. The average Bonchev–Trinajstić information content (AvgIpc) is 3.04. The minimum absolute atomic E-state index is 0.133. The van der Waals surface area contributed by atoms with Gasteiger partial charge in [0.05, 0.1) is 40.9 Å². The number of halogens is 1. The van der Waals surface area contributed by atoms with Gasteiger partial charge in [-0.15, -0.1) is 0 Å². The molecule has 4 N–H and O–H groups in total. The van der Waals surface area contributed by atoms with Crippen molar-refractivity contribution in [3.63, 3.8) is 0 Å². The molecule has 0 fully saturated rings. The van der Waals surface area contributed by atoms with Gasteiger partial charge in [-0.25, -0.2) is 8.91 Å². The van der Waals surface area contributed by atoms with Gasteiger partial charge in [0.15, 0.2) is 0 Å². The van der Waals surface area contributed by atoms with Crippen molar-refractivity contribution in [2.75, 3.05) is 10.6 Å². The molecule has 3 aromatic heterocycles. The Morgan fingerprint density at radius 1 is 1.29 bits per heavy atom. The van der Waals surface area contributed by atoms with E-state index in [1.807, 2.05) is 0 Å². The maximum atomic E-state index is 14.3. The van der Waals surface area contributed by atoms with E-state index >= 15 is 0 Å². The molecule has 0 saturated heterocycles. The summed E-state index contributed by atoms with van der Waals surface area (Å²) >= 11 is 0. The van der Waals surface area contributed by atoms with Gasteiger partial charge in [-0.2, -0.15) is 5.10 Å². The fourth-order valence-electron chi connectivity index (χ4n) is 2.56. The Balaban J connectivity index is 1.99. The monoisotopic (exact) mass is 384 g/mol. The number of fused-ring (bicyclic) bond motifs is 1. The first-order chi connectivity index (χ1) is 13.2. The summed E-state index contributed by atoms with van der Waals surface area (Å²) in [6, 6.07) is 4.21. The summed E-state index contributed by atoms with van der Waals surface area (Å²) in [6.45, 7) is 4.54. The van der Waals surface area contributed by atoms with E-state index in [4.69, 9.17) is 5.73 Å². The van der Waals surface area contributed by atoms with Gasteiger partial charge in [0, 0.05) is 18.0 Å². The molecule has 9 heteroatoms. The Bertz CT molecular complexity index is 1030. The van der Waals surface area contributed by atoms with Crippen LogP contribution in [-0.2, 0) is 0 Å². The van der Waals surface area contributed by atoms with Crippen LogP contribution in [0.2, 0.25) is 0 Å². The Morgan fingerprint density at radius 3 is 2.57 bits per heavy atom. The predicted octanol–water partition coefficient (Wildman–Crippen LogP) is 2.63. The lowest BCUT2D eigenvalue weighted by molar-refractivity contribution is 0.0997. The molecule has 0 aliphatic carbocycles. The molecule has 3 aromatic rings. The van der Waals surface area contributed by atoms with E-state index < -0.39 is 17.6 Å². The first-order valence-corrected chi connectivity index (χ1v) is 8.65. The minimum Gasteiger partial charge on any atom is -0.377 e. The fourth-order valence-corrected chi connectivity index (χ4v) is 2.56. The first kappa shape index (κ1) is 19.3. The predicted molar refractivity (Wildman–Crippen MR) is 104 cm³/mol. The first-order valence-electron chi connectivity index (χ1n) is 8.65. The Labute approximate surface area is 160 Å². The van der Waals surface area contributed by atoms with Gasteiger partial charge in [0.2, 0.25) is 0 Å². The molecule has 3 rings (SSSR count). The minimum atomic E-state index is -1.54. The molecular formula is C19H21FN6O2. The Kier molecular flexibility index (Phi) is 5.00. The van der Waals surface area contributed by atoms with Crippen molar-refractivity contribution in [3.8, 4) is 0 Å². The third-order valence-corrected chi connectivity index (χ3v) is 4.49. The number of nitrogens with two attached hydrogens (primary N) is 1. The number of anilines is 2. The van der Waals surface area contributed by atoms with Crippen LogP contribution in [0.25, 0.3) is 5.52 Å². The lowest BCUT2D eigenvalue weighted by Gasteiger charge is -2.26. The number of carbonyl (C=O) groups excluding carboxylic acids is 2. The van der Waals surface area contributed by atoms with E-state index in [0.717, 1.165) is 0 Å². The summed E-state index contributed by atoms with van der Waals surface area (Å²) in [4.78, 5) is 28.1. The van der Waals surface area contributed by atoms with Crippen molar-refractivity contribution in [1.29, 1.82) is 0 Å². The van der Waals surface area contributed by atoms with Crippen LogP contribution in [0.1, 0.15) is 41.5 Å². The summed E-state index contributed by atoms with van der Waals surface area (Å²) < 4.78 is 15.8. The standard InChI is InChI=1S/C19H21FN6O2/c1-11(19(2,3)20)24-16-14(17(21)27)9-23-26-10-13(8-15(16)26)25-18(28)12-4-6-22-7-5-12/h4-11,24H,1-3H3,(H2,21,27)(H,25,28). The van der Waals surface area contributed by atoms with Crippen LogP contribution in [0.5, 0.6) is 0 Å². The summed E-state index contributed by atoms with van der Waals surface area (Å²) in [7, 11) is 0. The van der Waals surface area contributed by atoms with Crippen molar-refractivity contribution in [1.82, 2.24) is 14.6 Å². The number of alkyl halides is 1. The molecule has 0 bridgehead atoms. The highest BCUT2D eigenvalue weighted by molar-refractivity contribution is 6.06. The fraction of sp³-hybridized carbons (Fsp3) is 0.263. The number of hydrogen-bond donors (Lipinski definition) is 3. The third kappa shape index (κ3) is 3.93. The lowest BCUT2D eigenvalue weighted by Crippen LogP contribution is -2.36. The van der Waals surface area contributed by atoms with Gasteiger partial charge in [0.25, 0.3) is 11.8 Å². The normalized spacial score (nSPS) is 12.6. The van der Waals surface area contributed by atoms with E-state index in [2.05, 4.69) is 20.7 Å². The molecule has 0 aliphatic rings. The van der Waals surface area contributed by atoms with E-state index in [1.165, 1.54) is 37.0 Å². The summed E-state index contributed by atoms with van der Waals surface area (Å²) in [6.07, 6.45) is 5.95. The van der Waals surface area contributed by atoms with Gasteiger partial charge in [0.1, 0.15) is 5.67 Å². The highest BCUT2D eigenvalue weighted by Gasteiger charge is 2.27. The second kappa shape index (κ2) is 7.26. The highest BCUT2D eigenvalue weighted by Crippen LogP contribution is 2.28. The van der Waals surface area contributed by atoms with E-state index in [-0.39, 0.29) is 11.5 Å². The number of rotatable bonds is 6. The molecule has 1 unspecified atom stereocenters. The number of primary amides is 1. The van der Waals surface area contributed by atoms with Crippen molar-refractivity contribution >= 4 is 28.7 Å². The average molecular weight is 384 g/mol. The van der Waals surface area contributed by atoms with Crippen molar-refractivity contribution in [2.24, 2.45) is 5.73 Å². The number of pyridine rings is 1. The zero-order chi connectivity index (χ0) is 20.5. The number of amides is 2. The van der Waals surface area contributed by atoms with Crippen molar-refractivity contribution < 1.29 is 14.0 Å². The molecule has 0 aromatic carbocycles. The van der Waals surface area contributed by atoms with Gasteiger partial charge in [-0.05, 0) is 39.0 Å². The van der Waals surface area contributed by atoms with Crippen LogP contribution in [-0.4, -0.2) is 38.1 Å². The second-order valence-corrected chi connectivity index (χ2v) is 6.98. The molecule has 3 heterocycles. The molecule has 146 valence electrons. The maximum absolute atomic E-state index is 14.3. The molecule has 28 heavy (non-hydrogen) atoms. The van der Waals surface area contributed by atoms with Crippen LogP contribution in [0.3, 0.4) is 0 Å². The van der Waals surface area contributed by atoms with Crippen LogP contribution >= 0.6 is 0 Å². The van der Waals surface area contributed by atoms with Gasteiger partial charge < -0.3 is 16.4 Å².